The topological polar surface area (TPSA) is 93.4 Å². The monoisotopic (exact) mass is 249 g/mol. The van der Waals surface area contributed by atoms with Gasteiger partial charge in [-0.15, -0.1) is 0 Å². The fourth-order valence-corrected chi connectivity index (χ4v) is 1.77. The number of carbonyl (C=O) groups is 2. The number of hydrogen-bond donors (Lipinski definition) is 3. The van der Waals surface area contributed by atoms with Gasteiger partial charge < -0.3 is 21.1 Å². The van der Waals surface area contributed by atoms with Crippen molar-refractivity contribution in [2.24, 2.45) is 0 Å². The first-order valence-corrected chi connectivity index (χ1v) is 5.67. The van der Waals surface area contributed by atoms with Crippen LogP contribution in [0.3, 0.4) is 0 Å². The zero-order valence-electron chi connectivity index (χ0n) is 10.2. The van der Waals surface area contributed by atoms with Crippen molar-refractivity contribution in [2.75, 3.05) is 23.0 Å². The van der Waals surface area contributed by atoms with E-state index >= 15 is 0 Å². The molecule has 4 N–H and O–H groups in total. The molecular weight excluding hydrogens is 234 g/mol. The number of aryl methyl sites for hydroxylation is 1. The third-order valence-corrected chi connectivity index (χ3v) is 2.75. The summed E-state index contributed by atoms with van der Waals surface area (Å²) in [6.07, 6.45) is 0. The van der Waals surface area contributed by atoms with Gasteiger partial charge in [0.25, 0.3) is 5.91 Å². The lowest BCUT2D eigenvalue weighted by molar-refractivity contribution is -0.146. The summed E-state index contributed by atoms with van der Waals surface area (Å²) < 4.78 is 4.83. The highest BCUT2D eigenvalue weighted by Gasteiger charge is 2.32. The van der Waals surface area contributed by atoms with Crippen molar-refractivity contribution in [2.45, 2.75) is 19.9 Å². The lowest BCUT2D eigenvalue weighted by Crippen LogP contribution is -2.45. The van der Waals surface area contributed by atoms with Crippen LogP contribution in [0.1, 0.15) is 12.5 Å². The molecule has 0 saturated carbocycles. The summed E-state index contributed by atoms with van der Waals surface area (Å²) in [5, 5.41) is 5.49. The number of rotatable bonds is 2. The van der Waals surface area contributed by atoms with Gasteiger partial charge in [0.15, 0.2) is 0 Å². The Balaban J connectivity index is 2.30. The van der Waals surface area contributed by atoms with Gasteiger partial charge in [-0.3, -0.25) is 4.79 Å². The fraction of sp³-hybridized carbons (Fsp3) is 0.333. The normalized spacial score (nSPS) is 17.4. The van der Waals surface area contributed by atoms with E-state index in [0.717, 1.165) is 5.56 Å². The third-order valence-electron chi connectivity index (χ3n) is 2.75. The average molecular weight is 249 g/mol. The van der Waals surface area contributed by atoms with E-state index in [1.165, 1.54) is 0 Å². The van der Waals surface area contributed by atoms with Crippen LogP contribution in [-0.2, 0) is 14.3 Å². The van der Waals surface area contributed by atoms with Crippen LogP contribution >= 0.6 is 0 Å². The summed E-state index contributed by atoms with van der Waals surface area (Å²) >= 11 is 0. The molecule has 1 atom stereocenters. The summed E-state index contributed by atoms with van der Waals surface area (Å²) in [7, 11) is 0. The Morgan fingerprint density at radius 1 is 1.44 bits per heavy atom. The summed E-state index contributed by atoms with van der Waals surface area (Å²) in [4.78, 5) is 23.4. The average Bonchev–Trinajstić information content (AvgIpc) is 2.31. The van der Waals surface area contributed by atoms with Gasteiger partial charge in [0.05, 0.1) is 18.0 Å². The van der Waals surface area contributed by atoms with Crippen molar-refractivity contribution in [1.82, 2.24) is 0 Å². The first-order valence-electron chi connectivity index (χ1n) is 5.67. The minimum Gasteiger partial charge on any atom is -0.464 e. The van der Waals surface area contributed by atoms with Crippen molar-refractivity contribution in [3.8, 4) is 0 Å². The highest BCUT2D eigenvalue weighted by atomic mass is 16.5. The van der Waals surface area contributed by atoms with Gasteiger partial charge >= 0.3 is 5.97 Å². The second-order valence-electron chi connectivity index (χ2n) is 4.07. The number of carbonyl (C=O) groups excluding carboxylic acids is 2. The van der Waals surface area contributed by atoms with Crippen molar-refractivity contribution >= 4 is 28.9 Å². The molecule has 0 aliphatic carbocycles. The second-order valence-corrected chi connectivity index (χ2v) is 4.07. The van der Waals surface area contributed by atoms with E-state index in [0.29, 0.717) is 17.1 Å². The van der Waals surface area contributed by atoms with E-state index in [9.17, 15) is 9.59 Å². The Hall–Kier alpha value is -2.24. The molecule has 1 aliphatic rings. The number of esters is 1. The maximum atomic E-state index is 11.8. The number of benzene rings is 1. The SMILES string of the molecule is CCOC(=O)C1Nc2cc(N)c(C)cc2NC1=O. The number of fused-ring (bicyclic) bond motifs is 1. The number of hydrogen-bond acceptors (Lipinski definition) is 5. The Bertz CT molecular complexity index is 514. The zero-order chi connectivity index (χ0) is 13.3. The molecule has 6 nitrogen and oxygen atoms in total. The van der Waals surface area contributed by atoms with Gasteiger partial charge in [-0.25, -0.2) is 4.79 Å². The Kier molecular flexibility index (Phi) is 3.10. The Morgan fingerprint density at radius 3 is 2.83 bits per heavy atom. The number of nitrogens with one attached hydrogen (secondary N) is 2. The fourth-order valence-electron chi connectivity index (χ4n) is 1.77. The molecule has 2 rings (SSSR count). The molecule has 0 bridgehead atoms. The van der Waals surface area contributed by atoms with Crippen molar-refractivity contribution in [1.29, 1.82) is 0 Å². The first kappa shape index (κ1) is 12.2. The Morgan fingerprint density at radius 2 is 2.17 bits per heavy atom. The van der Waals surface area contributed by atoms with Gasteiger partial charge in [0, 0.05) is 5.69 Å². The van der Waals surface area contributed by atoms with Crippen molar-refractivity contribution < 1.29 is 14.3 Å². The summed E-state index contributed by atoms with van der Waals surface area (Å²) in [6, 6.07) is 2.42. The number of anilines is 3. The van der Waals surface area contributed by atoms with Gasteiger partial charge in [0.2, 0.25) is 6.04 Å². The lowest BCUT2D eigenvalue weighted by Gasteiger charge is -2.26. The molecular formula is C12H15N3O3. The van der Waals surface area contributed by atoms with Crippen LogP contribution in [0.2, 0.25) is 0 Å². The first-order chi connectivity index (χ1) is 8.52. The predicted octanol–water partition coefficient (Wildman–Crippen LogP) is 0.873. The molecule has 6 heteroatoms. The van der Waals surface area contributed by atoms with Crippen LogP contribution in [0.15, 0.2) is 12.1 Å². The smallest absolute Gasteiger partial charge is 0.338 e. The Labute approximate surface area is 104 Å². The van der Waals surface area contributed by atoms with E-state index in [-0.39, 0.29) is 6.61 Å². The van der Waals surface area contributed by atoms with Gasteiger partial charge in [-0.05, 0) is 31.5 Å². The standard InChI is InChI=1S/C12H15N3O3/c1-3-18-12(17)10-11(16)15-8-4-6(2)7(13)5-9(8)14-10/h4-5,10,14H,3,13H2,1-2H3,(H,15,16). The summed E-state index contributed by atoms with van der Waals surface area (Å²) in [6.45, 7) is 3.76. The minimum absolute atomic E-state index is 0.229. The number of nitrogen functional groups attached to an aromatic ring is 1. The van der Waals surface area contributed by atoms with Crippen LogP contribution in [-0.4, -0.2) is 24.5 Å². The van der Waals surface area contributed by atoms with Gasteiger partial charge in [0.1, 0.15) is 0 Å². The van der Waals surface area contributed by atoms with Crippen molar-refractivity contribution in [3.05, 3.63) is 17.7 Å². The molecule has 1 amide bonds. The summed E-state index contributed by atoms with van der Waals surface area (Å²) in [5.41, 5.74) is 8.49. The summed E-state index contributed by atoms with van der Waals surface area (Å²) in [5.74, 6) is -1.02. The molecule has 0 saturated heterocycles. The maximum absolute atomic E-state index is 11.8. The number of amides is 1. The van der Waals surface area contributed by atoms with Gasteiger partial charge in [-0.2, -0.15) is 0 Å². The zero-order valence-corrected chi connectivity index (χ0v) is 10.2. The van der Waals surface area contributed by atoms with Crippen molar-refractivity contribution in [3.63, 3.8) is 0 Å². The van der Waals surface area contributed by atoms with E-state index < -0.39 is 17.9 Å². The van der Waals surface area contributed by atoms with Crippen LogP contribution < -0.4 is 16.4 Å². The van der Waals surface area contributed by atoms with Crippen LogP contribution in [0.5, 0.6) is 0 Å². The van der Waals surface area contributed by atoms with E-state index in [2.05, 4.69) is 10.6 Å². The second kappa shape index (κ2) is 4.56. The highest BCUT2D eigenvalue weighted by molar-refractivity contribution is 6.14. The molecule has 18 heavy (non-hydrogen) atoms. The molecule has 1 heterocycles. The van der Waals surface area contributed by atoms with Gasteiger partial charge in [-0.1, -0.05) is 0 Å². The van der Waals surface area contributed by atoms with E-state index in [1.807, 2.05) is 6.92 Å². The lowest BCUT2D eigenvalue weighted by atomic mass is 10.1. The molecule has 1 aromatic rings. The van der Waals surface area contributed by atoms with E-state index in [4.69, 9.17) is 10.5 Å². The molecule has 0 aromatic heterocycles. The quantitative estimate of drug-likeness (QED) is 0.411. The molecule has 1 aliphatic heterocycles. The molecule has 96 valence electrons. The van der Waals surface area contributed by atoms with E-state index in [1.54, 1.807) is 19.1 Å². The number of ether oxygens (including phenoxy) is 1. The highest BCUT2D eigenvalue weighted by Crippen LogP contribution is 2.31. The molecule has 0 fully saturated rings. The number of nitrogens with two attached hydrogens (primary N) is 1. The van der Waals surface area contributed by atoms with Crippen LogP contribution in [0.4, 0.5) is 17.1 Å². The minimum atomic E-state index is -1.03. The third kappa shape index (κ3) is 2.09. The molecule has 1 aromatic carbocycles. The predicted molar refractivity (Wildman–Crippen MR) is 68.3 cm³/mol. The largest absolute Gasteiger partial charge is 0.464 e. The van der Waals surface area contributed by atoms with Crippen LogP contribution in [0, 0.1) is 6.92 Å². The molecule has 0 radical (unpaired) electrons. The maximum Gasteiger partial charge on any atom is 0.338 e. The molecule has 1 unspecified atom stereocenters. The molecule has 0 spiro atoms. The van der Waals surface area contributed by atoms with Crippen LogP contribution in [0.25, 0.3) is 0 Å².